The predicted molar refractivity (Wildman–Crippen MR) is 69.9 cm³/mol. The van der Waals surface area contributed by atoms with E-state index < -0.39 is 0 Å². The first kappa shape index (κ1) is 17.3. The summed E-state index contributed by atoms with van der Waals surface area (Å²) in [7, 11) is 3.53. The summed E-state index contributed by atoms with van der Waals surface area (Å²) in [5, 5.41) is 3.24. The average Bonchev–Trinajstić information content (AvgIpc) is 2.35. The molecule has 15 heavy (non-hydrogen) atoms. The van der Waals surface area contributed by atoms with E-state index in [1.54, 1.807) is 0 Å². The van der Waals surface area contributed by atoms with E-state index in [4.69, 9.17) is 5.73 Å². The van der Waals surface area contributed by atoms with Gasteiger partial charge in [-0.3, -0.25) is 0 Å². The fourth-order valence-corrected chi connectivity index (χ4v) is 2.09. The Hall–Kier alpha value is -0.120. The summed E-state index contributed by atoms with van der Waals surface area (Å²) in [6, 6.07) is 0. The Labute approximate surface area is 96.0 Å². The van der Waals surface area contributed by atoms with E-state index in [2.05, 4.69) is 11.1 Å². The van der Waals surface area contributed by atoms with Crippen molar-refractivity contribution in [3.63, 3.8) is 0 Å². The quantitative estimate of drug-likeness (QED) is 0.672. The lowest BCUT2D eigenvalue weighted by Gasteiger charge is -2.27. The molecular formula is C12H31N3. The lowest BCUT2D eigenvalue weighted by molar-refractivity contribution is 0.268. The Balaban J connectivity index is 0. The standard InChI is InChI=1S/C9H20N2.C2H6.CH5N/c1-11-7-9-4-2-3-8(5-9)6-10;2*1-2/h8-9,11H,2-7,10H2,1H3;1-2H3;2H2,1H3. The molecule has 5 N–H and O–H groups in total. The maximum atomic E-state index is 5.64. The first-order valence-corrected chi connectivity index (χ1v) is 6.29. The van der Waals surface area contributed by atoms with Gasteiger partial charge in [0.15, 0.2) is 0 Å². The molecule has 3 heteroatoms. The molecule has 1 saturated carbocycles. The third kappa shape index (κ3) is 8.85. The lowest BCUT2D eigenvalue weighted by Crippen LogP contribution is -2.28. The number of nitrogens with two attached hydrogens (primary N) is 2. The molecule has 0 aromatic rings. The molecule has 94 valence electrons. The van der Waals surface area contributed by atoms with E-state index in [0.29, 0.717) is 0 Å². The van der Waals surface area contributed by atoms with Crippen LogP contribution in [0.5, 0.6) is 0 Å². The van der Waals surface area contributed by atoms with Gasteiger partial charge in [-0.15, -0.1) is 0 Å². The minimum absolute atomic E-state index is 0.807. The van der Waals surface area contributed by atoms with Crippen molar-refractivity contribution in [2.24, 2.45) is 23.3 Å². The third-order valence-electron chi connectivity index (χ3n) is 2.72. The van der Waals surface area contributed by atoms with E-state index >= 15 is 0 Å². The first-order valence-electron chi connectivity index (χ1n) is 6.29. The number of rotatable bonds is 3. The van der Waals surface area contributed by atoms with Crippen molar-refractivity contribution < 1.29 is 0 Å². The van der Waals surface area contributed by atoms with Crippen LogP contribution in [0.2, 0.25) is 0 Å². The highest BCUT2D eigenvalue weighted by molar-refractivity contribution is 4.74. The lowest BCUT2D eigenvalue weighted by atomic mass is 9.81. The summed E-state index contributed by atoms with van der Waals surface area (Å²) < 4.78 is 0. The second-order valence-electron chi connectivity index (χ2n) is 3.69. The number of nitrogens with one attached hydrogen (secondary N) is 1. The molecule has 0 aromatic carbocycles. The summed E-state index contributed by atoms with van der Waals surface area (Å²) in [6.45, 7) is 6.07. The molecule has 0 saturated heterocycles. The van der Waals surface area contributed by atoms with Crippen LogP contribution in [0.1, 0.15) is 39.5 Å². The monoisotopic (exact) mass is 217 g/mol. The van der Waals surface area contributed by atoms with Gasteiger partial charge in [0.1, 0.15) is 0 Å². The van der Waals surface area contributed by atoms with Crippen molar-refractivity contribution in [2.45, 2.75) is 39.5 Å². The Morgan fingerprint density at radius 2 is 1.67 bits per heavy atom. The van der Waals surface area contributed by atoms with Gasteiger partial charge in [-0.2, -0.15) is 0 Å². The number of hydrogen-bond acceptors (Lipinski definition) is 3. The topological polar surface area (TPSA) is 64.1 Å². The smallest absolute Gasteiger partial charge is 0.00234 e. The van der Waals surface area contributed by atoms with E-state index in [9.17, 15) is 0 Å². The van der Waals surface area contributed by atoms with E-state index in [0.717, 1.165) is 18.4 Å². The molecular weight excluding hydrogens is 186 g/mol. The molecule has 0 heterocycles. The van der Waals surface area contributed by atoms with Crippen molar-refractivity contribution in [1.29, 1.82) is 0 Å². The van der Waals surface area contributed by atoms with E-state index in [1.807, 2.05) is 20.9 Å². The van der Waals surface area contributed by atoms with Crippen LogP contribution in [0.4, 0.5) is 0 Å². The largest absolute Gasteiger partial charge is 0.333 e. The van der Waals surface area contributed by atoms with Gasteiger partial charge in [0, 0.05) is 0 Å². The van der Waals surface area contributed by atoms with Crippen LogP contribution in [0, 0.1) is 11.8 Å². The van der Waals surface area contributed by atoms with Gasteiger partial charge in [-0.1, -0.05) is 20.3 Å². The molecule has 0 amide bonds. The molecule has 0 radical (unpaired) electrons. The minimum Gasteiger partial charge on any atom is -0.333 e. The Morgan fingerprint density at radius 1 is 1.13 bits per heavy atom. The van der Waals surface area contributed by atoms with Gasteiger partial charge in [0.25, 0.3) is 0 Å². The van der Waals surface area contributed by atoms with Crippen LogP contribution in [0.3, 0.4) is 0 Å². The van der Waals surface area contributed by atoms with Crippen molar-refractivity contribution in [1.82, 2.24) is 5.32 Å². The highest BCUT2D eigenvalue weighted by Gasteiger charge is 2.19. The molecule has 1 rings (SSSR count). The summed E-state index contributed by atoms with van der Waals surface area (Å²) in [5.41, 5.74) is 10.1. The highest BCUT2D eigenvalue weighted by atomic mass is 14.8. The van der Waals surface area contributed by atoms with Crippen LogP contribution in [-0.4, -0.2) is 27.2 Å². The molecule has 1 aliphatic carbocycles. The Kier molecular flexibility index (Phi) is 16.0. The van der Waals surface area contributed by atoms with Gasteiger partial charge >= 0.3 is 0 Å². The molecule has 1 fully saturated rings. The molecule has 0 aliphatic heterocycles. The summed E-state index contributed by atoms with van der Waals surface area (Å²) in [5.74, 6) is 1.70. The second kappa shape index (κ2) is 13.9. The van der Waals surface area contributed by atoms with E-state index in [1.165, 1.54) is 39.3 Å². The van der Waals surface area contributed by atoms with Crippen LogP contribution >= 0.6 is 0 Å². The van der Waals surface area contributed by atoms with E-state index in [-0.39, 0.29) is 0 Å². The average molecular weight is 217 g/mol. The highest BCUT2D eigenvalue weighted by Crippen LogP contribution is 2.27. The van der Waals surface area contributed by atoms with Gasteiger partial charge < -0.3 is 16.8 Å². The van der Waals surface area contributed by atoms with Crippen molar-refractivity contribution in [2.75, 3.05) is 27.2 Å². The molecule has 0 bridgehead atoms. The van der Waals surface area contributed by atoms with Crippen LogP contribution in [0.25, 0.3) is 0 Å². The van der Waals surface area contributed by atoms with Crippen molar-refractivity contribution in [3.8, 4) is 0 Å². The van der Waals surface area contributed by atoms with Crippen molar-refractivity contribution >= 4 is 0 Å². The summed E-state index contributed by atoms with van der Waals surface area (Å²) in [4.78, 5) is 0. The molecule has 1 aliphatic rings. The zero-order valence-corrected chi connectivity index (χ0v) is 11.1. The zero-order chi connectivity index (χ0) is 12.1. The maximum absolute atomic E-state index is 5.64. The van der Waals surface area contributed by atoms with Crippen LogP contribution in [0.15, 0.2) is 0 Å². The fourth-order valence-electron chi connectivity index (χ4n) is 2.09. The van der Waals surface area contributed by atoms with Crippen LogP contribution < -0.4 is 16.8 Å². The molecule has 2 unspecified atom stereocenters. The normalized spacial score (nSPS) is 24.4. The molecule has 3 nitrogen and oxygen atoms in total. The van der Waals surface area contributed by atoms with Crippen molar-refractivity contribution in [3.05, 3.63) is 0 Å². The van der Waals surface area contributed by atoms with Gasteiger partial charge in [-0.05, 0) is 58.3 Å². The second-order valence-corrected chi connectivity index (χ2v) is 3.69. The summed E-state index contributed by atoms with van der Waals surface area (Å²) in [6.07, 6.45) is 5.49. The van der Waals surface area contributed by atoms with Gasteiger partial charge in [-0.25, -0.2) is 0 Å². The fraction of sp³-hybridized carbons (Fsp3) is 1.00. The van der Waals surface area contributed by atoms with Crippen LogP contribution in [-0.2, 0) is 0 Å². The summed E-state index contributed by atoms with van der Waals surface area (Å²) >= 11 is 0. The van der Waals surface area contributed by atoms with Gasteiger partial charge in [0.05, 0.1) is 0 Å². The zero-order valence-electron chi connectivity index (χ0n) is 11.1. The molecule has 2 atom stereocenters. The predicted octanol–water partition coefficient (Wildman–Crippen LogP) is 1.57. The maximum Gasteiger partial charge on any atom is -0.00234 e. The Morgan fingerprint density at radius 3 is 2.13 bits per heavy atom. The minimum atomic E-state index is 0.807. The SMILES string of the molecule is CC.CN.CNCC1CCCC(CN)C1. The number of hydrogen-bond donors (Lipinski definition) is 3. The first-order chi connectivity index (χ1) is 7.36. The molecule has 0 spiro atoms. The Bertz CT molecular complexity index is 105. The third-order valence-corrected chi connectivity index (χ3v) is 2.72. The molecule has 0 aromatic heterocycles. The van der Waals surface area contributed by atoms with Gasteiger partial charge in [0.2, 0.25) is 0 Å².